The molecule has 1 aromatic rings. The van der Waals surface area contributed by atoms with Gasteiger partial charge in [0.05, 0.1) is 14.2 Å². The summed E-state index contributed by atoms with van der Waals surface area (Å²) in [5.41, 5.74) is 1.04. The van der Waals surface area contributed by atoms with Crippen molar-refractivity contribution in [3.63, 3.8) is 0 Å². The van der Waals surface area contributed by atoms with Crippen LogP contribution in [0.25, 0.3) is 0 Å². The third-order valence-corrected chi connectivity index (χ3v) is 4.01. The van der Waals surface area contributed by atoms with E-state index in [1.54, 1.807) is 14.2 Å². The fraction of sp³-hybridized carbons (Fsp3) is 0.562. The molecule has 0 saturated carbocycles. The summed E-state index contributed by atoms with van der Waals surface area (Å²) >= 11 is 3.51. The van der Waals surface area contributed by atoms with Crippen LogP contribution in [0.1, 0.15) is 38.2 Å². The molecule has 1 N–H and O–H groups in total. The molecule has 0 aliphatic carbocycles. The van der Waals surface area contributed by atoms with Gasteiger partial charge in [0, 0.05) is 17.4 Å². The molecule has 118 valence electrons. The fourth-order valence-electron chi connectivity index (χ4n) is 2.03. The molecule has 0 bridgehead atoms. The van der Waals surface area contributed by atoms with E-state index in [0.29, 0.717) is 24.3 Å². The molecular weight excluding hydrogens is 334 g/mol. The van der Waals surface area contributed by atoms with Crippen LogP contribution in [0.4, 0.5) is 0 Å². The first-order valence-corrected chi connectivity index (χ1v) is 8.08. The lowest BCUT2D eigenvalue weighted by Gasteiger charge is -2.12. The van der Waals surface area contributed by atoms with Gasteiger partial charge in [-0.15, -0.1) is 0 Å². The normalized spacial score (nSPS) is 10.3. The number of hydrogen-bond donors (Lipinski definition) is 1. The number of carbonyl (C=O) groups is 1. The smallest absolute Gasteiger partial charge is 0.220 e. The highest BCUT2D eigenvalue weighted by Gasteiger charge is 2.11. The number of hydrogen-bond acceptors (Lipinski definition) is 3. The molecule has 0 fully saturated rings. The van der Waals surface area contributed by atoms with E-state index in [-0.39, 0.29) is 5.91 Å². The Balaban J connectivity index is 2.53. The molecule has 0 atom stereocenters. The minimum absolute atomic E-state index is 0.0905. The first-order chi connectivity index (χ1) is 10.1. The summed E-state index contributed by atoms with van der Waals surface area (Å²) in [6.45, 7) is 2.91. The second kappa shape index (κ2) is 9.66. The summed E-state index contributed by atoms with van der Waals surface area (Å²) in [5.74, 6) is 1.45. The average molecular weight is 358 g/mol. The zero-order valence-corrected chi connectivity index (χ0v) is 14.6. The number of unbranched alkanes of at least 4 members (excludes halogenated alkanes) is 2. The molecule has 0 aromatic heterocycles. The van der Waals surface area contributed by atoms with E-state index in [2.05, 4.69) is 28.2 Å². The Kier molecular flexibility index (Phi) is 8.20. The SMILES string of the molecule is CCCCCNC(=O)CCc1cc(OC)c(OC)cc1Br. The Labute approximate surface area is 135 Å². The van der Waals surface area contributed by atoms with Crippen LogP contribution in [-0.4, -0.2) is 26.7 Å². The highest BCUT2D eigenvalue weighted by atomic mass is 79.9. The minimum atomic E-state index is 0.0905. The number of carbonyl (C=O) groups excluding carboxylic acids is 1. The topological polar surface area (TPSA) is 47.6 Å². The third kappa shape index (κ3) is 5.96. The number of rotatable bonds is 9. The first kappa shape index (κ1) is 17.8. The summed E-state index contributed by atoms with van der Waals surface area (Å²) in [4.78, 5) is 11.8. The van der Waals surface area contributed by atoms with Gasteiger partial charge in [0.15, 0.2) is 11.5 Å². The van der Waals surface area contributed by atoms with Crippen molar-refractivity contribution in [2.24, 2.45) is 0 Å². The van der Waals surface area contributed by atoms with Crippen LogP contribution in [0.5, 0.6) is 11.5 Å². The van der Waals surface area contributed by atoms with Crippen LogP contribution in [-0.2, 0) is 11.2 Å². The molecule has 0 heterocycles. The fourth-order valence-corrected chi connectivity index (χ4v) is 2.55. The van der Waals surface area contributed by atoms with Crippen molar-refractivity contribution in [1.82, 2.24) is 5.32 Å². The monoisotopic (exact) mass is 357 g/mol. The van der Waals surface area contributed by atoms with Gasteiger partial charge in [0.25, 0.3) is 0 Å². The zero-order valence-electron chi connectivity index (χ0n) is 13.0. The van der Waals surface area contributed by atoms with Gasteiger partial charge in [0.1, 0.15) is 0 Å². The molecule has 4 nitrogen and oxygen atoms in total. The second-order valence-electron chi connectivity index (χ2n) is 4.86. The van der Waals surface area contributed by atoms with E-state index in [1.165, 1.54) is 0 Å². The van der Waals surface area contributed by atoms with Crippen molar-refractivity contribution < 1.29 is 14.3 Å². The Morgan fingerprint density at radius 1 is 1.19 bits per heavy atom. The maximum Gasteiger partial charge on any atom is 0.220 e. The van der Waals surface area contributed by atoms with Crippen molar-refractivity contribution in [2.75, 3.05) is 20.8 Å². The third-order valence-electron chi connectivity index (χ3n) is 3.28. The van der Waals surface area contributed by atoms with Crippen LogP contribution >= 0.6 is 15.9 Å². The van der Waals surface area contributed by atoms with E-state index in [0.717, 1.165) is 35.8 Å². The predicted octanol–water partition coefficient (Wildman–Crippen LogP) is 3.71. The van der Waals surface area contributed by atoms with Gasteiger partial charge in [-0.2, -0.15) is 0 Å². The van der Waals surface area contributed by atoms with E-state index in [9.17, 15) is 4.79 Å². The Morgan fingerprint density at radius 3 is 2.48 bits per heavy atom. The lowest BCUT2D eigenvalue weighted by molar-refractivity contribution is -0.121. The van der Waals surface area contributed by atoms with Gasteiger partial charge in [-0.1, -0.05) is 35.7 Å². The number of nitrogens with one attached hydrogen (secondary N) is 1. The summed E-state index contributed by atoms with van der Waals surface area (Å²) in [6.07, 6.45) is 4.50. The van der Waals surface area contributed by atoms with Crippen LogP contribution in [0, 0.1) is 0 Å². The van der Waals surface area contributed by atoms with E-state index >= 15 is 0 Å². The van der Waals surface area contributed by atoms with Gasteiger partial charge in [0.2, 0.25) is 5.91 Å². The Morgan fingerprint density at radius 2 is 1.86 bits per heavy atom. The molecular formula is C16H24BrNO3. The van der Waals surface area contributed by atoms with Crippen LogP contribution in [0.2, 0.25) is 0 Å². The quantitative estimate of drug-likeness (QED) is 0.685. The van der Waals surface area contributed by atoms with Gasteiger partial charge in [-0.3, -0.25) is 4.79 Å². The molecule has 0 radical (unpaired) electrons. The summed E-state index contributed by atoms with van der Waals surface area (Å²) in [5, 5.41) is 2.95. The molecule has 0 unspecified atom stereocenters. The van der Waals surface area contributed by atoms with Gasteiger partial charge in [-0.25, -0.2) is 0 Å². The molecule has 1 aromatic carbocycles. The molecule has 0 aliphatic heterocycles. The molecule has 0 aliphatic rings. The molecule has 5 heteroatoms. The highest BCUT2D eigenvalue weighted by molar-refractivity contribution is 9.10. The Hall–Kier alpha value is -1.23. The summed E-state index contributed by atoms with van der Waals surface area (Å²) < 4.78 is 11.5. The van der Waals surface area contributed by atoms with E-state index in [1.807, 2.05) is 12.1 Å². The standard InChI is InChI=1S/C16H24BrNO3/c1-4-5-6-9-18-16(19)8-7-12-10-14(20-2)15(21-3)11-13(12)17/h10-11H,4-9H2,1-3H3,(H,18,19). The molecule has 21 heavy (non-hydrogen) atoms. The number of methoxy groups -OCH3 is 2. The lowest BCUT2D eigenvalue weighted by atomic mass is 10.1. The van der Waals surface area contributed by atoms with Gasteiger partial charge < -0.3 is 14.8 Å². The molecule has 0 spiro atoms. The maximum atomic E-state index is 11.8. The van der Waals surface area contributed by atoms with Crippen molar-refractivity contribution in [2.45, 2.75) is 39.0 Å². The highest BCUT2D eigenvalue weighted by Crippen LogP contribution is 2.33. The van der Waals surface area contributed by atoms with Crippen LogP contribution < -0.4 is 14.8 Å². The summed E-state index contributed by atoms with van der Waals surface area (Å²) in [7, 11) is 3.21. The number of benzene rings is 1. The van der Waals surface area contributed by atoms with Crippen LogP contribution in [0.3, 0.4) is 0 Å². The van der Waals surface area contributed by atoms with Gasteiger partial charge >= 0.3 is 0 Å². The lowest BCUT2D eigenvalue weighted by Crippen LogP contribution is -2.24. The number of ether oxygens (including phenoxy) is 2. The first-order valence-electron chi connectivity index (χ1n) is 7.29. The molecule has 1 rings (SSSR count). The van der Waals surface area contributed by atoms with Crippen molar-refractivity contribution in [3.05, 3.63) is 22.2 Å². The predicted molar refractivity (Wildman–Crippen MR) is 88.1 cm³/mol. The zero-order chi connectivity index (χ0) is 15.7. The van der Waals surface area contributed by atoms with Gasteiger partial charge in [-0.05, 0) is 30.5 Å². The number of amides is 1. The average Bonchev–Trinajstić information content (AvgIpc) is 2.50. The van der Waals surface area contributed by atoms with E-state index < -0.39 is 0 Å². The summed E-state index contributed by atoms with van der Waals surface area (Å²) in [6, 6.07) is 3.78. The molecule has 1 amide bonds. The largest absolute Gasteiger partial charge is 0.493 e. The second-order valence-corrected chi connectivity index (χ2v) is 5.71. The van der Waals surface area contributed by atoms with Crippen molar-refractivity contribution >= 4 is 21.8 Å². The van der Waals surface area contributed by atoms with Crippen molar-refractivity contribution in [3.8, 4) is 11.5 Å². The van der Waals surface area contributed by atoms with E-state index in [4.69, 9.17) is 9.47 Å². The maximum absolute atomic E-state index is 11.8. The minimum Gasteiger partial charge on any atom is -0.493 e. The number of aryl methyl sites for hydroxylation is 1. The Bertz CT molecular complexity index is 463. The molecule has 0 saturated heterocycles. The van der Waals surface area contributed by atoms with Crippen LogP contribution in [0.15, 0.2) is 16.6 Å². The van der Waals surface area contributed by atoms with Crippen molar-refractivity contribution in [1.29, 1.82) is 0 Å². The number of halogens is 1.